The number of hydrogen-bond donors (Lipinski definition) is 2. The maximum Gasteiger partial charge on any atom is 0.0865 e. The molecule has 5 heteroatoms. The molecule has 6 rings (SSSR count). The summed E-state index contributed by atoms with van der Waals surface area (Å²) in [6.07, 6.45) is 6.37. The highest BCUT2D eigenvalue weighted by molar-refractivity contribution is 6.14. The van der Waals surface area contributed by atoms with Crippen molar-refractivity contribution in [1.29, 1.82) is 0 Å². The maximum absolute atomic E-state index is 4.18. The molecule has 150 valence electrons. The fourth-order valence-corrected chi connectivity index (χ4v) is 4.99. The molecule has 5 nitrogen and oxygen atoms in total. The standard InChI is InChI=1S/C25H25N5/c1-15-10-21(19-5-7-20-13-27-29-30(20)14-19)25-24(16(15)2)22-11-17(6-8-23(22)28-25)18-4-3-9-26-12-18/h5-8,10-11,13-14,18,26,28H,3-4,9,12H2,1-2H3. The highest BCUT2D eigenvalue weighted by atomic mass is 15.4. The molecule has 3 aromatic heterocycles. The van der Waals surface area contributed by atoms with E-state index in [-0.39, 0.29) is 0 Å². The molecule has 2 N–H and O–H groups in total. The normalized spacial score (nSPS) is 17.3. The van der Waals surface area contributed by atoms with Gasteiger partial charge in [-0.15, -0.1) is 5.10 Å². The number of piperidine rings is 1. The first-order valence-electron chi connectivity index (χ1n) is 10.8. The van der Waals surface area contributed by atoms with Crippen molar-refractivity contribution in [3.05, 3.63) is 65.5 Å². The Bertz CT molecular complexity index is 1400. The zero-order valence-corrected chi connectivity index (χ0v) is 17.4. The predicted octanol–water partition coefficient (Wildman–Crippen LogP) is 5.11. The maximum atomic E-state index is 4.18. The first-order chi connectivity index (χ1) is 14.7. The van der Waals surface area contributed by atoms with E-state index in [9.17, 15) is 0 Å². The third-order valence-corrected chi connectivity index (χ3v) is 6.80. The van der Waals surface area contributed by atoms with Gasteiger partial charge >= 0.3 is 0 Å². The van der Waals surface area contributed by atoms with Gasteiger partial charge in [0.2, 0.25) is 0 Å². The number of fused-ring (bicyclic) bond motifs is 4. The quantitative estimate of drug-likeness (QED) is 0.436. The van der Waals surface area contributed by atoms with Crippen LogP contribution in [0.5, 0.6) is 0 Å². The van der Waals surface area contributed by atoms with Gasteiger partial charge in [0.05, 0.1) is 17.2 Å². The second-order valence-corrected chi connectivity index (χ2v) is 8.61. The lowest BCUT2D eigenvalue weighted by Gasteiger charge is -2.23. The van der Waals surface area contributed by atoms with E-state index < -0.39 is 0 Å². The average Bonchev–Trinajstić information content (AvgIpc) is 3.40. The number of benzene rings is 2. The molecule has 1 aliphatic heterocycles. The van der Waals surface area contributed by atoms with E-state index in [0.29, 0.717) is 5.92 Å². The summed E-state index contributed by atoms with van der Waals surface area (Å²) in [4.78, 5) is 3.72. The molecule has 30 heavy (non-hydrogen) atoms. The van der Waals surface area contributed by atoms with Gasteiger partial charge < -0.3 is 10.3 Å². The van der Waals surface area contributed by atoms with Gasteiger partial charge in [0.25, 0.3) is 0 Å². The van der Waals surface area contributed by atoms with E-state index in [1.54, 1.807) is 6.20 Å². The largest absolute Gasteiger partial charge is 0.354 e. The van der Waals surface area contributed by atoms with E-state index in [2.05, 4.69) is 77.1 Å². The monoisotopic (exact) mass is 395 g/mol. The summed E-state index contributed by atoms with van der Waals surface area (Å²) in [6, 6.07) is 13.5. The van der Waals surface area contributed by atoms with Gasteiger partial charge in [0.1, 0.15) is 0 Å². The van der Waals surface area contributed by atoms with E-state index >= 15 is 0 Å². The zero-order chi connectivity index (χ0) is 20.2. The topological polar surface area (TPSA) is 58.0 Å². The fraction of sp³-hybridized carbons (Fsp3) is 0.280. The second-order valence-electron chi connectivity index (χ2n) is 8.61. The van der Waals surface area contributed by atoms with E-state index in [1.807, 2.05) is 4.52 Å². The van der Waals surface area contributed by atoms with Crippen LogP contribution in [-0.4, -0.2) is 32.9 Å². The van der Waals surface area contributed by atoms with Crippen molar-refractivity contribution in [3.63, 3.8) is 0 Å². The smallest absolute Gasteiger partial charge is 0.0865 e. The second kappa shape index (κ2) is 6.67. The van der Waals surface area contributed by atoms with E-state index in [4.69, 9.17) is 0 Å². The van der Waals surface area contributed by atoms with Crippen molar-refractivity contribution < 1.29 is 0 Å². The summed E-state index contributed by atoms with van der Waals surface area (Å²) in [5.41, 5.74) is 9.86. The Hall–Kier alpha value is -3.18. The minimum atomic E-state index is 0.604. The van der Waals surface area contributed by atoms with Crippen LogP contribution < -0.4 is 5.32 Å². The fourth-order valence-electron chi connectivity index (χ4n) is 4.99. The first kappa shape index (κ1) is 17.7. The SMILES string of the molecule is Cc1cc(-c2ccc3cnnn3c2)c2[nH]c3ccc(C4CCCNC4)cc3c2c1C. The van der Waals surface area contributed by atoms with Gasteiger partial charge in [0, 0.05) is 40.2 Å². The molecule has 0 saturated carbocycles. The lowest BCUT2D eigenvalue weighted by Crippen LogP contribution is -2.28. The number of aromatic nitrogens is 4. The molecule has 1 atom stereocenters. The van der Waals surface area contributed by atoms with Crippen LogP contribution >= 0.6 is 0 Å². The molecule has 0 spiro atoms. The Morgan fingerprint density at radius 2 is 2.03 bits per heavy atom. The summed E-state index contributed by atoms with van der Waals surface area (Å²) in [5.74, 6) is 0.604. The molecule has 0 aliphatic carbocycles. The Balaban J connectivity index is 1.60. The third-order valence-electron chi connectivity index (χ3n) is 6.80. The number of aryl methyl sites for hydroxylation is 2. The minimum Gasteiger partial charge on any atom is -0.354 e. The first-order valence-corrected chi connectivity index (χ1v) is 10.8. The Morgan fingerprint density at radius 1 is 1.10 bits per heavy atom. The van der Waals surface area contributed by atoms with Crippen LogP contribution in [0.4, 0.5) is 0 Å². The van der Waals surface area contributed by atoms with Crippen molar-refractivity contribution >= 4 is 27.3 Å². The van der Waals surface area contributed by atoms with Gasteiger partial charge in [-0.25, -0.2) is 4.52 Å². The van der Waals surface area contributed by atoms with E-state index in [1.165, 1.54) is 56.9 Å². The van der Waals surface area contributed by atoms with Crippen molar-refractivity contribution in [2.75, 3.05) is 13.1 Å². The van der Waals surface area contributed by atoms with Gasteiger partial charge in [-0.2, -0.15) is 0 Å². The van der Waals surface area contributed by atoms with Crippen molar-refractivity contribution in [3.8, 4) is 11.1 Å². The lowest BCUT2D eigenvalue weighted by molar-refractivity contribution is 0.462. The number of rotatable bonds is 2. The Kier molecular flexibility index (Phi) is 3.93. The minimum absolute atomic E-state index is 0.604. The highest BCUT2D eigenvalue weighted by Crippen LogP contribution is 2.38. The van der Waals surface area contributed by atoms with Crippen LogP contribution in [0, 0.1) is 13.8 Å². The molecule has 1 unspecified atom stereocenters. The number of H-pyrrole nitrogens is 1. The molecule has 0 bridgehead atoms. The number of aromatic amines is 1. The van der Waals surface area contributed by atoms with Gasteiger partial charge in [-0.3, -0.25) is 0 Å². The molecule has 1 aliphatic rings. The summed E-state index contributed by atoms with van der Waals surface area (Å²) < 4.78 is 1.84. The van der Waals surface area contributed by atoms with Crippen LogP contribution in [-0.2, 0) is 0 Å². The number of pyridine rings is 1. The summed E-state index contributed by atoms with van der Waals surface area (Å²) in [7, 11) is 0. The number of nitrogens with one attached hydrogen (secondary N) is 2. The van der Waals surface area contributed by atoms with Crippen molar-refractivity contribution in [2.45, 2.75) is 32.6 Å². The average molecular weight is 396 g/mol. The van der Waals surface area contributed by atoms with Crippen LogP contribution in [0.3, 0.4) is 0 Å². The number of nitrogens with zero attached hydrogens (tertiary/aromatic N) is 3. The van der Waals surface area contributed by atoms with Crippen LogP contribution in [0.25, 0.3) is 38.4 Å². The molecule has 5 aromatic rings. The predicted molar refractivity (Wildman–Crippen MR) is 122 cm³/mol. The Morgan fingerprint density at radius 3 is 2.90 bits per heavy atom. The summed E-state index contributed by atoms with van der Waals surface area (Å²) in [5, 5.41) is 14.4. The van der Waals surface area contributed by atoms with E-state index in [0.717, 1.165) is 24.2 Å². The molecule has 1 fully saturated rings. The van der Waals surface area contributed by atoms with Crippen LogP contribution in [0.2, 0.25) is 0 Å². The molecule has 1 saturated heterocycles. The molecular formula is C25H25N5. The summed E-state index contributed by atoms with van der Waals surface area (Å²) in [6.45, 7) is 6.67. The number of hydrogen-bond acceptors (Lipinski definition) is 3. The molecular weight excluding hydrogens is 370 g/mol. The van der Waals surface area contributed by atoms with Crippen molar-refractivity contribution in [2.24, 2.45) is 0 Å². The zero-order valence-electron chi connectivity index (χ0n) is 17.4. The Labute approximate surface area is 175 Å². The van der Waals surface area contributed by atoms with Gasteiger partial charge in [-0.05, 0) is 80.1 Å². The molecule has 4 heterocycles. The third kappa shape index (κ3) is 2.66. The summed E-state index contributed by atoms with van der Waals surface area (Å²) >= 11 is 0. The lowest BCUT2D eigenvalue weighted by atomic mass is 9.90. The molecule has 2 aromatic carbocycles. The molecule has 0 amide bonds. The van der Waals surface area contributed by atoms with Gasteiger partial charge in [0.15, 0.2) is 0 Å². The highest BCUT2D eigenvalue weighted by Gasteiger charge is 2.19. The van der Waals surface area contributed by atoms with Crippen LogP contribution in [0.15, 0.2) is 48.8 Å². The van der Waals surface area contributed by atoms with Gasteiger partial charge in [-0.1, -0.05) is 17.3 Å². The van der Waals surface area contributed by atoms with Crippen molar-refractivity contribution in [1.82, 2.24) is 25.1 Å². The van der Waals surface area contributed by atoms with Crippen LogP contribution in [0.1, 0.15) is 35.4 Å². The molecule has 0 radical (unpaired) electrons.